The zero-order chi connectivity index (χ0) is 34.9. The van der Waals surface area contributed by atoms with E-state index < -0.39 is 36.8 Å². The molecule has 0 unspecified atom stereocenters. The van der Waals surface area contributed by atoms with Gasteiger partial charge in [-0.05, 0) is 73.0 Å². The van der Waals surface area contributed by atoms with Gasteiger partial charge in [-0.2, -0.15) is 5.10 Å². The summed E-state index contributed by atoms with van der Waals surface area (Å²) in [6.45, 7) is 1.00. The van der Waals surface area contributed by atoms with E-state index in [9.17, 15) is 22.8 Å². The number of hydrogen-bond acceptors (Lipinski definition) is 7. The first-order valence-corrected chi connectivity index (χ1v) is 15.7. The molecule has 13 heteroatoms. The van der Waals surface area contributed by atoms with Crippen LogP contribution < -0.4 is 20.1 Å². The first-order valence-electron chi connectivity index (χ1n) is 15.7. The minimum Gasteiger partial charge on any atom is -0.485 e. The Labute approximate surface area is 283 Å². The Balaban J connectivity index is 1.18. The molecule has 1 fully saturated rings. The highest BCUT2D eigenvalue weighted by atomic mass is 19.3. The number of ether oxygens (including phenoxy) is 3. The molecule has 1 aliphatic rings. The third kappa shape index (κ3) is 6.32. The molecule has 10 nitrogen and oxygen atoms in total. The minimum absolute atomic E-state index is 0.0398. The van der Waals surface area contributed by atoms with E-state index in [4.69, 9.17) is 19.9 Å². The molecule has 3 heterocycles. The summed E-state index contributed by atoms with van der Waals surface area (Å²) in [6, 6.07) is 24.8. The van der Waals surface area contributed by atoms with Gasteiger partial charge >= 0.3 is 6.09 Å². The largest absolute Gasteiger partial charge is 0.485 e. The fraction of sp³-hybridized carbons (Fsp3) is 0.162. The molecule has 0 bridgehead atoms. The third-order valence-corrected chi connectivity index (χ3v) is 8.36. The van der Waals surface area contributed by atoms with Crippen LogP contribution >= 0.6 is 0 Å². The van der Waals surface area contributed by atoms with Gasteiger partial charge in [0.2, 0.25) is 5.78 Å². The molecule has 7 rings (SSSR count). The smallest absolute Gasteiger partial charge is 0.414 e. The molecular formula is C37H30F3N5O5. The second kappa shape index (κ2) is 13.3. The number of ketones is 1. The quantitative estimate of drug-likeness (QED) is 0.135. The van der Waals surface area contributed by atoms with Crippen molar-refractivity contribution >= 4 is 34.3 Å². The van der Waals surface area contributed by atoms with Crippen LogP contribution in [0, 0.1) is 12.7 Å². The summed E-state index contributed by atoms with van der Waals surface area (Å²) in [5.41, 5.74) is 9.64. The maximum atomic E-state index is 14.1. The Morgan fingerprint density at radius 3 is 2.56 bits per heavy atom. The number of rotatable bonds is 11. The number of benzene rings is 4. The van der Waals surface area contributed by atoms with Crippen molar-refractivity contribution < 1.29 is 37.0 Å². The number of H-pyrrole nitrogens is 1. The topological polar surface area (TPSA) is 125 Å². The molecule has 1 aliphatic heterocycles. The summed E-state index contributed by atoms with van der Waals surface area (Å²) in [6.07, 6.45) is -1.59. The SMILES string of the molecule is Cc1cc(Oc2ccccc2F)ccc1-n1ncc(C(=O)c2cc3cc(OCC(F)F)c(N4C(=O)OC[C@H]4Cc4ccccc4)cc3[nH]2)c1N. The van der Waals surface area contributed by atoms with Crippen molar-refractivity contribution in [1.82, 2.24) is 14.8 Å². The van der Waals surface area contributed by atoms with Crippen LogP contribution in [-0.2, 0) is 11.2 Å². The van der Waals surface area contributed by atoms with E-state index in [-0.39, 0.29) is 40.9 Å². The Morgan fingerprint density at radius 1 is 1.02 bits per heavy atom. The number of nitrogens with two attached hydrogens (primary N) is 1. The molecule has 0 radical (unpaired) electrons. The number of carbonyl (C=O) groups excluding carboxylic acids is 2. The summed E-state index contributed by atoms with van der Waals surface area (Å²) in [5.74, 6) is -0.369. The zero-order valence-corrected chi connectivity index (χ0v) is 26.6. The van der Waals surface area contributed by atoms with Gasteiger partial charge in [-0.1, -0.05) is 42.5 Å². The van der Waals surface area contributed by atoms with Gasteiger partial charge < -0.3 is 24.9 Å². The first kappa shape index (κ1) is 32.3. The van der Waals surface area contributed by atoms with Gasteiger partial charge in [-0.3, -0.25) is 9.69 Å². The fourth-order valence-corrected chi connectivity index (χ4v) is 5.97. The highest BCUT2D eigenvalue weighted by Gasteiger charge is 2.36. The van der Waals surface area contributed by atoms with E-state index in [1.807, 2.05) is 30.3 Å². The van der Waals surface area contributed by atoms with Gasteiger partial charge in [0.15, 0.2) is 11.6 Å². The molecule has 50 heavy (non-hydrogen) atoms. The number of carbonyl (C=O) groups is 2. The fourth-order valence-electron chi connectivity index (χ4n) is 5.97. The number of alkyl halides is 2. The lowest BCUT2D eigenvalue weighted by molar-refractivity contribution is 0.0822. The van der Waals surface area contributed by atoms with Crippen molar-refractivity contribution in [1.29, 1.82) is 0 Å². The molecule has 6 aromatic rings. The Hall–Kier alpha value is -6.24. The average Bonchev–Trinajstić information content (AvgIpc) is 3.80. The monoisotopic (exact) mass is 681 g/mol. The van der Waals surface area contributed by atoms with Crippen LogP contribution in [0.3, 0.4) is 0 Å². The summed E-state index contributed by atoms with van der Waals surface area (Å²) in [5, 5.41) is 4.84. The van der Waals surface area contributed by atoms with Crippen LogP contribution in [0.15, 0.2) is 97.2 Å². The number of aryl methyl sites for hydroxylation is 1. The maximum Gasteiger partial charge on any atom is 0.414 e. The predicted octanol–water partition coefficient (Wildman–Crippen LogP) is 7.62. The number of cyclic esters (lactones) is 1. The number of aromatic amines is 1. The molecule has 3 N–H and O–H groups in total. The predicted molar refractivity (Wildman–Crippen MR) is 180 cm³/mol. The second-order valence-electron chi connectivity index (χ2n) is 11.7. The van der Waals surface area contributed by atoms with Gasteiger partial charge in [-0.25, -0.2) is 22.6 Å². The Kier molecular flexibility index (Phi) is 8.62. The minimum atomic E-state index is -2.76. The highest BCUT2D eigenvalue weighted by molar-refractivity contribution is 6.13. The maximum absolute atomic E-state index is 14.1. The van der Waals surface area contributed by atoms with Crippen molar-refractivity contribution in [2.24, 2.45) is 0 Å². The molecule has 254 valence electrons. The average molecular weight is 682 g/mol. The van der Waals surface area contributed by atoms with Crippen LogP contribution in [0.1, 0.15) is 27.2 Å². The molecule has 0 spiro atoms. The number of nitrogens with one attached hydrogen (secondary N) is 1. The van der Waals surface area contributed by atoms with Crippen molar-refractivity contribution in [3.63, 3.8) is 0 Å². The third-order valence-electron chi connectivity index (χ3n) is 8.36. The highest BCUT2D eigenvalue weighted by Crippen LogP contribution is 2.38. The molecule has 2 aromatic heterocycles. The van der Waals surface area contributed by atoms with Gasteiger partial charge in [0.25, 0.3) is 6.43 Å². The van der Waals surface area contributed by atoms with Crippen molar-refractivity contribution in [3.8, 4) is 22.9 Å². The number of nitrogen functional groups attached to an aromatic ring is 1. The van der Waals surface area contributed by atoms with E-state index in [0.717, 1.165) is 5.56 Å². The lowest BCUT2D eigenvalue weighted by Gasteiger charge is -2.24. The molecule has 0 aliphatic carbocycles. The Bertz CT molecular complexity index is 2220. The number of nitrogens with zero attached hydrogens (tertiary/aromatic N) is 3. The van der Waals surface area contributed by atoms with Gasteiger partial charge in [0, 0.05) is 10.9 Å². The summed E-state index contributed by atoms with van der Waals surface area (Å²) in [4.78, 5) is 31.2. The number of halogens is 3. The van der Waals surface area contributed by atoms with Gasteiger partial charge in [-0.15, -0.1) is 0 Å². The van der Waals surface area contributed by atoms with Gasteiger partial charge in [0.1, 0.15) is 30.5 Å². The van der Waals surface area contributed by atoms with Gasteiger partial charge in [0.05, 0.1) is 34.9 Å². The number of amides is 1. The molecule has 0 saturated carbocycles. The molecule has 4 aromatic carbocycles. The number of para-hydroxylation sites is 1. The van der Waals surface area contributed by atoms with Crippen LogP contribution in [-0.4, -0.2) is 52.3 Å². The van der Waals surface area contributed by atoms with E-state index in [2.05, 4.69) is 10.1 Å². The van der Waals surface area contributed by atoms with E-state index >= 15 is 0 Å². The summed E-state index contributed by atoms with van der Waals surface area (Å²) >= 11 is 0. The van der Waals surface area contributed by atoms with Crippen molar-refractivity contribution in [2.75, 3.05) is 23.8 Å². The normalized spacial score (nSPS) is 14.4. The summed E-state index contributed by atoms with van der Waals surface area (Å²) in [7, 11) is 0. The van der Waals surface area contributed by atoms with Crippen molar-refractivity contribution in [3.05, 3.63) is 125 Å². The van der Waals surface area contributed by atoms with E-state index in [1.54, 1.807) is 49.4 Å². The van der Waals surface area contributed by atoms with Crippen molar-refractivity contribution in [2.45, 2.75) is 25.8 Å². The first-order chi connectivity index (χ1) is 24.2. The van der Waals surface area contributed by atoms with Crippen LogP contribution in [0.4, 0.5) is 29.5 Å². The standard InChI is InChI=1S/C37H30F3N5O5/c1-21-13-25(50-32-10-6-5-9-27(32)38)11-12-30(21)45-36(41)26(18-42-45)35(46)29-15-23-16-33(48-20-34(39)40)31(17-28(23)43-29)44-24(19-49-37(44)47)14-22-7-3-2-4-8-22/h2-13,15-18,24,34,43H,14,19-20,41H2,1H3/t24-/m1/s1. The zero-order valence-electron chi connectivity index (χ0n) is 26.6. The summed E-state index contributed by atoms with van der Waals surface area (Å²) < 4.78 is 58.6. The van der Waals surface area contributed by atoms with Crippen LogP contribution in [0.5, 0.6) is 17.2 Å². The number of hydrogen-bond donors (Lipinski definition) is 2. The lowest BCUT2D eigenvalue weighted by Crippen LogP contribution is -2.35. The molecule has 1 atom stereocenters. The molecule has 1 amide bonds. The Morgan fingerprint density at radius 2 is 1.80 bits per heavy atom. The molecular weight excluding hydrogens is 651 g/mol. The number of fused-ring (bicyclic) bond motifs is 1. The number of anilines is 2. The lowest BCUT2D eigenvalue weighted by atomic mass is 10.0. The van der Waals surface area contributed by atoms with Crippen LogP contribution in [0.25, 0.3) is 16.6 Å². The van der Waals surface area contributed by atoms with E-state index in [0.29, 0.717) is 34.3 Å². The second-order valence-corrected chi connectivity index (χ2v) is 11.7. The molecule has 1 saturated heterocycles. The number of aromatic nitrogens is 3. The van der Waals surface area contributed by atoms with Crippen LogP contribution in [0.2, 0.25) is 0 Å². The van der Waals surface area contributed by atoms with E-state index in [1.165, 1.54) is 34.0 Å².